The molecule has 1 aliphatic rings. The fraction of sp³-hybridized carbons (Fsp3) is 0.182. The molecule has 1 aliphatic carbocycles. The first-order valence-electron chi connectivity index (χ1n) is 8.14. The molecule has 2 nitrogen and oxygen atoms in total. The van der Waals surface area contributed by atoms with Crippen molar-refractivity contribution >= 4 is 0 Å². The van der Waals surface area contributed by atoms with Gasteiger partial charge < -0.3 is 0 Å². The summed E-state index contributed by atoms with van der Waals surface area (Å²) in [5, 5.41) is 9.57. The van der Waals surface area contributed by atoms with Crippen LogP contribution in [-0.4, -0.2) is 4.98 Å². The predicted molar refractivity (Wildman–Crippen MR) is 96.7 cm³/mol. The summed E-state index contributed by atoms with van der Waals surface area (Å²) < 4.78 is 0. The van der Waals surface area contributed by atoms with Crippen LogP contribution in [0.25, 0.3) is 22.4 Å². The van der Waals surface area contributed by atoms with Gasteiger partial charge in [-0.3, -0.25) is 4.98 Å². The van der Waals surface area contributed by atoms with E-state index >= 15 is 0 Å². The lowest BCUT2D eigenvalue weighted by atomic mass is 9.78. The molecule has 0 saturated carbocycles. The Bertz CT molecular complexity index is 989. The maximum absolute atomic E-state index is 9.57. The van der Waals surface area contributed by atoms with Crippen LogP contribution in [0, 0.1) is 18.3 Å². The van der Waals surface area contributed by atoms with Crippen molar-refractivity contribution < 1.29 is 0 Å². The van der Waals surface area contributed by atoms with Gasteiger partial charge in [-0.25, -0.2) is 0 Å². The van der Waals surface area contributed by atoms with Crippen LogP contribution in [0.1, 0.15) is 36.1 Å². The van der Waals surface area contributed by atoms with Crippen LogP contribution in [0.3, 0.4) is 0 Å². The fourth-order valence-electron chi connectivity index (χ4n) is 3.96. The van der Waals surface area contributed by atoms with Gasteiger partial charge in [0.2, 0.25) is 0 Å². The van der Waals surface area contributed by atoms with Gasteiger partial charge in [0, 0.05) is 17.2 Å². The largest absolute Gasteiger partial charge is 0.256 e. The Morgan fingerprint density at radius 3 is 2.21 bits per heavy atom. The highest BCUT2D eigenvalue weighted by Crippen LogP contribution is 2.52. The van der Waals surface area contributed by atoms with Crippen molar-refractivity contribution in [3.63, 3.8) is 0 Å². The predicted octanol–water partition coefficient (Wildman–Crippen LogP) is 5.24. The second kappa shape index (κ2) is 5.04. The molecule has 0 radical (unpaired) electrons. The molecule has 1 aromatic heterocycles. The van der Waals surface area contributed by atoms with Gasteiger partial charge in [-0.05, 0) is 46.9 Å². The van der Waals surface area contributed by atoms with Crippen LogP contribution in [0.15, 0.2) is 54.7 Å². The Kier molecular flexibility index (Phi) is 3.08. The van der Waals surface area contributed by atoms with Crippen LogP contribution in [0.5, 0.6) is 0 Å². The van der Waals surface area contributed by atoms with E-state index in [0.717, 1.165) is 27.9 Å². The third-order valence-electron chi connectivity index (χ3n) is 4.98. The maximum Gasteiger partial charge on any atom is 0.0995 e. The van der Waals surface area contributed by atoms with Crippen LogP contribution >= 0.6 is 0 Å². The first-order valence-corrected chi connectivity index (χ1v) is 8.14. The zero-order valence-electron chi connectivity index (χ0n) is 14.1. The standard InChI is InChI=1S/C22H18N2/c1-14-10-11-19(24-13-14)18-9-5-8-17-16-7-4-6-15(12-23)20(16)22(2,3)21(17)18/h4-11,13H,1-3H3. The van der Waals surface area contributed by atoms with E-state index in [-0.39, 0.29) is 5.41 Å². The van der Waals surface area contributed by atoms with E-state index in [1.54, 1.807) is 0 Å². The normalized spacial score (nSPS) is 13.9. The number of nitriles is 1. The van der Waals surface area contributed by atoms with Gasteiger partial charge in [0.25, 0.3) is 0 Å². The highest BCUT2D eigenvalue weighted by atomic mass is 14.7. The Morgan fingerprint density at radius 2 is 1.54 bits per heavy atom. The van der Waals surface area contributed by atoms with Crippen LogP contribution < -0.4 is 0 Å². The molecule has 0 spiro atoms. The molecule has 4 rings (SSSR count). The van der Waals surface area contributed by atoms with E-state index in [2.05, 4.69) is 61.3 Å². The monoisotopic (exact) mass is 310 g/mol. The van der Waals surface area contributed by atoms with Gasteiger partial charge >= 0.3 is 0 Å². The number of rotatable bonds is 1. The molecule has 1 heterocycles. The van der Waals surface area contributed by atoms with Crippen molar-refractivity contribution in [1.29, 1.82) is 5.26 Å². The van der Waals surface area contributed by atoms with Gasteiger partial charge in [0.05, 0.1) is 17.3 Å². The van der Waals surface area contributed by atoms with Gasteiger partial charge in [-0.15, -0.1) is 0 Å². The zero-order valence-corrected chi connectivity index (χ0v) is 14.1. The summed E-state index contributed by atoms with van der Waals surface area (Å²) in [7, 11) is 0. The van der Waals surface area contributed by atoms with E-state index in [9.17, 15) is 5.26 Å². The van der Waals surface area contributed by atoms with Gasteiger partial charge in [-0.1, -0.05) is 50.2 Å². The van der Waals surface area contributed by atoms with E-state index in [1.807, 2.05) is 25.3 Å². The Morgan fingerprint density at radius 1 is 0.875 bits per heavy atom. The lowest BCUT2D eigenvalue weighted by Gasteiger charge is -2.25. The summed E-state index contributed by atoms with van der Waals surface area (Å²) in [6.07, 6.45) is 1.91. The van der Waals surface area contributed by atoms with Crippen LogP contribution in [0.4, 0.5) is 0 Å². The second-order valence-corrected chi connectivity index (χ2v) is 6.91. The lowest BCUT2D eigenvalue weighted by Crippen LogP contribution is -2.18. The molecular formula is C22H18N2. The van der Waals surface area contributed by atoms with Gasteiger partial charge in [0.1, 0.15) is 0 Å². The Balaban J connectivity index is 2.04. The molecule has 116 valence electrons. The molecule has 0 unspecified atom stereocenters. The number of hydrogen-bond donors (Lipinski definition) is 0. The number of fused-ring (bicyclic) bond motifs is 3. The number of hydrogen-bond acceptors (Lipinski definition) is 2. The highest BCUT2D eigenvalue weighted by Gasteiger charge is 2.39. The fourth-order valence-corrected chi connectivity index (χ4v) is 3.96. The summed E-state index contributed by atoms with van der Waals surface area (Å²) in [4.78, 5) is 4.63. The summed E-state index contributed by atoms with van der Waals surface area (Å²) in [5.41, 5.74) is 8.60. The Hall–Kier alpha value is -2.92. The molecule has 0 N–H and O–H groups in total. The summed E-state index contributed by atoms with van der Waals surface area (Å²) in [5.74, 6) is 0. The summed E-state index contributed by atoms with van der Waals surface area (Å²) in [6, 6.07) is 18.9. The average Bonchev–Trinajstić information content (AvgIpc) is 2.84. The minimum atomic E-state index is -0.222. The van der Waals surface area contributed by atoms with Gasteiger partial charge in [0.15, 0.2) is 0 Å². The number of pyridine rings is 1. The van der Waals surface area contributed by atoms with Crippen molar-refractivity contribution in [3.05, 3.63) is 77.0 Å². The number of aromatic nitrogens is 1. The van der Waals surface area contributed by atoms with E-state index in [4.69, 9.17) is 0 Å². The van der Waals surface area contributed by atoms with Crippen LogP contribution in [0.2, 0.25) is 0 Å². The smallest absolute Gasteiger partial charge is 0.0995 e. The first-order chi connectivity index (χ1) is 11.5. The summed E-state index contributed by atoms with van der Waals surface area (Å²) in [6.45, 7) is 6.46. The molecule has 2 aromatic carbocycles. The molecule has 0 atom stereocenters. The number of aryl methyl sites for hydroxylation is 1. The molecule has 0 bridgehead atoms. The third kappa shape index (κ3) is 1.91. The third-order valence-corrected chi connectivity index (χ3v) is 4.98. The summed E-state index contributed by atoms with van der Waals surface area (Å²) >= 11 is 0. The van der Waals surface area contributed by atoms with Crippen molar-refractivity contribution in [3.8, 4) is 28.5 Å². The number of nitrogens with zero attached hydrogens (tertiary/aromatic N) is 2. The minimum absolute atomic E-state index is 0.222. The van der Waals surface area contributed by atoms with E-state index < -0.39 is 0 Å². The molecule has 0 fully saturated rings. The molecule has 2 heteroatoms. The SMILES string of the molecule is Cc1ccc(-c2cccc3c2C(C)(C)c2c(C#N)cccc2-3)nc1. The molecule has 24 heavy (non-hydrogen) atoms. The molecule has 0 amide bonds. The molecule has 0 aliphatic heterocycles. The van der Waals surface area contributed by atoms with E-state index in [0.29, 0.717) is 0 Å². The van der Waals surface area contributed by atoms with Crippen molar-refractivity contribution in [2.75, 3.05) is 0 Å². The number of benzene rings is 2. The van der Waals surface area contributed by atoms with E-state index in [1.165, 1.54) is 16.7 Å². The second-order valence-electron chi connectivity index (χ2n) is 6.91. The quantitative estimate of drug-likeness (QED) is 0.616. The maximum atomic E-state index is 9.57. The Labute approximate surface area is 142 Å². The van der Waals surface area contributed by atoms with Crippen molar-refractivity contribution in [2.45, 2.75) is 26.2 Å². The molecule has 0 saturated heterocycles. The minimum Gasteiger partial charge on any atom is -0.256 e. The van der Waals surface area contributed by atoms with Gasteiger partial charge in [-0.2, -0.15) is 5.26 Å². The molecular weight excluding hydrogens is 292 g/mol. The highest BCUT2D eigenvalue weighted by molar-refractivity contribution is 5.88. The molecule has 3 aromatic rings. The zero-order chi connectivity index (χ0) is 16.9. The average molecular weight is 310 g/mol. The van der Waals surface area contributed by atoms with Crippen LogP contribution in [-0.2, 0) is 5.41 Å². The van der Waals surface area contributed by atoms with Crippen molar-refractivity contribution in [2.24, 2.45) is 0 Å². The first kappa shape index (κ1) is 14.7. The lowest BCUT2D eigenvalue weighted by molar-refractivity contribution is 0.660. The topological polar surface area (TPSA) is 36.7 Å². The van der Waals surface area contributed by atoms with Crippen molar-refractivity contribution in [1.82, 2.24) is 4.98 Å².